The number of anilines is 1. The lowest BCUT2D eigenvalue weighted by Crippen LogP contribution is -2.53. The molecule has 0 spiro atoms. The predicted molar refractivity (Wildman–Crippen MR) is 149 cm³/mol. The molecule has 0 aliphatic carbocycles. The van der Waals surface area contributed by atoms with Gasteiger partial charge >= 0.3 is 0 Å². The van der Waals surface area contributed by atoms with Crippen molar-refractivity contribution in [1.29, 1.82) is 0 Å². The maximum atomic E-state index is 14.0. The summed E-state index contributed by atoms with van der Waals surface area (Å²) in [5.41, 5.74) is 2.02. The standard InChI is InChI=1S/C29H35N3O5S/c1-4-18-30-29(34)27(19-23-12-7-5-8-13-23)31(21-24-14-9-6-10-15-24)28(33)22-32(38(3,35)36)25-16-11-17-26(20-25)37-2/h5-17,20,27H,4,18-19,21-22H2,1-3H3,(H,30,34). The fourth-order valence-corrected chi connectivity index (χ4v) is 4.92. The Hall–Kier alpha value is -3.85. The molecule has 2 amide bonds. The van der Waals surface area contributed by atoms with E-state index in [2.05, 4.69) is 5.32 Å². The fraction of sp³-hybridized carbons (Fsp3) is 0.310. The van der Waals surface area contributed by atoms with Gasteiger partial charge in [-0.1, -0.05) is 73.7 Å². The van der Waals surface area contributed by atoms with E-state index in [1.165, 1.54) is 12.0 Å². The number of amides is 2. The highest BCUT2D eigenvalue weighted by Gasteiger charge is 2.33. The zero-order chi connectivity index (χ0) is 27.5. The van der Waals surface area contributed by atoms with Gasteiger partial charge < -0.3 is 15.0 Å². The lowest BCUT2D eigenvalue weighted by atomic mass is 10.0. The largest absolute Gasteiger partial charge is 0.497 e. The summed E-state index contributed by atoms with van der Waals surface area (Å²) in [6.07, 6.45) is 2.08. The van der Waals surface area contributed by atoms with E-state index in [4.69, 9.17) is 4.74 Å². The molecule has 0 heterocycles. The molecule has 3 aromatic carbocycles. The number of methoxy groups -OCH3 is 1. The van der Waals surface area contributed by atoms with Crippen LogP contribution in [0.1, 0.15) is 24.5 Å². The van der Waals surface area contributed by atoms with Crippen molar-refractivity contribution in [1.82, 2.24) is 10.2 Å². The number of carbonyl (C=O) groups excluding carboxylic acids is 2. The van der Waals surface area contributed by atoms with Gasteiger partial charge in [-0.15, -0.1) is 0 Å². The summed E-state index contributed by atoms with van der Waals surface area (Å²) in [6.45, 7) is 2.10. The third-order valence-corrected chi connectivity index (χ3v) is 7.18. The molecule has 3 aromatic rings. The number of benzene rings is 3. The number of hydrogen-bond donors (Lipinski definition) is 1. The predicted octanol–water partition coefficient (Wildman–Crippen LogP) is 3.63. The molecular formula is C29H35N3O5S. The maximum Gasteiger partial charge on any atom is 0.244 e. The molecule has 3 rings (SSSR count). The Balaban J connectivity index is 2.02. The van der Waals surface area contributed by atoms with Gasteiger partial charge in [0.15, 0.2) is 0 Å². The zero-order valence-corrected chi connectivity index (χ0v) is 22.9. The van der Waals surface area contributed by atoms with Crippen molar-refractivity contribution < 1.29 is 22.7 Å². The minimum Gasteiger partial charge on any atom is -0.497 e. The van der Waals surface area contributed by atoms with E-state index in [0.717, 1.165) is 28.1 Å². The first kappa shape index (κ1) is 28.7. The molecule has 202 valence electrons. The molecule has 0 fully saturated rings. The highest BCUT2D eigenvalue weighted by Crippen LogP contribution is 2.24. The van der Waals surface area contributed by atoms with Crippen LogP contribution in [0.15, 0.2) is 84.9 Å². The first-order valence-electron chi connectivity index (χ1n) is 12.5. The smallest absolute Gasteiger partial charge is 0.244 e. The molecule has 0 aliphatic heterocycles. The van der Waals surface area contributed by atoms with Crippen LogP contribution in [0, 0.1) is 0 Å². The average molecular weight is 538 g/mol. The maximum absolute atomic E-state index is 14.0. The molecule has 0 saturated carbocycles. The summed E-state index contributed by atoms with van der Waals surface area (Å²) in [5, 5.41) is 2.92. The van der Waals surface area contributed by atoms with Crippen LogP contribution in [0.25, 0.3) is 0 Å². The topological polar surface area (TPSA) is 96.0 Å². The van der Waals surface area contributed by atoms with Gasteiger partial charge in [0, 0.05) is 25.6 Å². The zero-order valence-electron chi connectivity index (χ0n) is 22.0. The third kappa shape index (κ3) is 8.08. The van der Waals surface area contributed by atoms with Gasteiger partial charge in [-0.25, -0.2) is 8.42 Å². The van der Waals surface area contributed by atoms with Crippen LogP contribution in [0.3, 0.4) is 0 Å². The van der Waals surface area contributed by atoms with E-state index >= 15 is 0 Å². The van der Waals surface area contributed by atoms with Crippen molar-refractivity contribution in [2.45, 2.75) is 32.4 Å². The summed E-state index contributed by atoms with van der Waals surface area (Å²) < 4.78 is 31.9. The molecule has 0 aromatic heterocycles. The summed E-state index contributed by atoms with van der Waals surface area (Å²) in [5.74, 6) is -0.312. The first-order valence-corrected chi connectivity index (χ1v) is 14.3. The summed E-state index contributed by atoms with van der Waals surface area (Å²) >= 11 is 0. The summed E-state index contributed by atoms with van der Waals surface area (Å²) in [7, 11) is -2.35. The average Bonchev–Trinajstić information content (AvgIpc) is 2.92. The number of carbonyl (C=O) groups is 2. The second-order valence-corrected chi connectivity index (χ2v) is 10.9. The van der Waals surface area contributed by atoms with Crippen molar-refractivity contribution >= 4 is 27.5 Å². The number of nitrogens with zero attached hydrogens (tertiary/aromatic N) is 2. The van der Waals surface area contributed by atoms with Gasteiger partial charge in [0.25, 0.3) is 0 Å². The quantitative estimate of drug-likeness (QED) is 0.359. The van der Waals surface area contributed by atoms with E-state index in [1.54, 1.807) is 24.3 Å². The van der Waals surface area contributed by atoms with E-state index in [0.29, 0.717) is 18.0 Å². The van der Waals surface area contributed by atoms with Crippen molar-refractivity contribution in [3.63, 3.8) is 0 Å². The van der Waals surface area contributed by atoms with Gasteiger partial charge in [-0.05, 0) is 29.7 Å². The van der Waals surface area contributed by atoms with Crippen LogP contribution in [0.4, 0.5) is 5.69 Å². The Labute approximate surface area is 225 Å². The van der Waals surface area contributed by atoms with Gasteiger partial charge in [0.2, 0.25) is 21.8 Å². The fourth-order valence-electron chi connectivity index (χ4n) is 4.08. The van der Waals surface area contributed by atoms with Crippen LogP contribution in [0.2, 0.25) is 0 Å². The molecule has 0 aliphatic rings. The van der Waals surface area contributed by atoms with E-state index in [-0.39, 0.29) is 18.9 Å². The second-order valence-electron chi connectivity index (χ2n) is 8.97. The Morgan fingerprint density at radius 2 is 1.55 bits per heavy atom. The number of rotatable bonds is 13. The first-order chi connectivity index (χ1) is 18.2. The van der Waals surface area contributed by atoms with Gasteiger partial charge in [0.1, 0.15) is 18.3 Å². The van der Waals surface area contributed by atoms with Crippen LogP contribution >= 0.6 is 0 Å². The van der Waals surface area contributed by atoms with E-state index in [9.17, 15) is 18.0 Å². The summed E-state index contributed by atoms with van der Waals surface area (Å²) in [6, 6.07) is 24.5. The Bertz CT molecular complexity index is 1300. The van der Waals surface area contributed by atoms with Gasteiger partial charge in [0.05, 0.1) is 19.1 Å². The second kappa shape index (κ2) is 13.6. The molecule has 8 nitrogen and oxygen atoms in total. The summed E-state index contributed by atoms with van der Waals surface area (Å²) in [4.78, 5) is 28.9. The van der Waals surface area contributed by atoms with Gasteiger partial charge in [-0.3, -0.25) is 13.9 Å². The minimum atomic E-state index is -3.83. The number of nitrogens with one attached hydrogen (secondary N) is 1. The minimum absolute atomic E-state index is 0.145. The molecular weight excluding hydrogens is 502 g/mol. The molecule has 1 atom stereocenters. The van der Waals surface area contributed by atoms with Crippen LogP contribution in [-0.4, -0.2) is 57.6 Å². The highest BCUT2D eigenvalue weighted by molar-refractivity contribution is 7.92. The normalized spacial score (nSPS) is 11.9. The Morgan fingerprint density at radius 3 is 2.13 bits per heavy atom. The molecule has 9 heteroatoms. The van der Waals surface area contributed by atoms with Crippen molar-refractivity contribution in [3.8, 4) is 5.75 Å². The monoisotopic (exact) mass is 537 g/mol. The van der Waals surface area contributed by atoms with Crippen LogP contribution in [0.5, 0.6) is 5.75 Å². The Kier molecular flexibility index (Phi) is 10.3. The molecule has 1 unspecified atom stereocenters. The molecule has 0 saturated heterocycles. The van der Waals surface area contributed by atoms with Crippen molar-refractivity contribution in [3.05, 3.63) is 96.1 Å². The SMILES string of the molecule is CCCNC(=O)C(Cc1ccccc1)N(Cc1ccccc1)C(=O)CN(c1cccc(OC)c1)S(C)(=O)=O. The lowest BCUT2D eigenvalue weighted by molar-refractivity contribution is -0.140. The van der Waals surface area contributed by atoms with Crippen LogP contribution < -0.4 is 14.4 Å². The number of hydrogen-bond acceptors (Lipinski definition) is 5. The highest BCUT2D eigenvalue weighted by atomic mass is 32.2. The van der Waals surface area contributed by atoms with Crippen LogP contribution in [-0.2, 0) is 32.6 Å². The molecule has 0 bridgehead atoms. The van der Waals surface area contributed by atoms with E-state index in [1.807, 2.05) is 67.6 Å². The van der Waals surface area contributed by atoms with Crippen molar-refractivity contribution in [2.24, 2.45) is 0 Å². The number of ether oxygens (including phenoxy) is 1. The van der Waals surface area contributed by atoms with E-state index < -0.39 is 28.5 Å². The van der Waals surface area contributed by atoms with Gasteiger partial charge in [-0.2, -0.15) is 0 Å². The molecule has 38 heavy (non-hydrogen) atoms. The Morgan fingerprint density at radius 1 is 0.921 bits per heavy atom. The molecule has 1 N–H and O–H groups in total. The molecule has 0 radical (unpaired) electrons. The lowest BCUT2D eigenvalue weighted by Gasteiger charge is -2.33. The number of sulfonamides is 1. The third-order valence-electron chi connectivity index (χ3n) is 6.04. The van der Waals surface area contributed by atoms with Crippen molar-refractivity contribution in [2.75, 3.05) is 30.8 Å².